The summed E-state index contributed by atoms with van der Waals surface area (Å²) in [5.74, 6) is 4.08. The van der Waals surface area contributed by atoms with Gasteiger partial charge in [-0.3, -0.25) is 0 Å². The maximum atomic E-state index is 10.2. The lowest BCUT2D eigenvalue weighted by Crippen LogP contribution is -2.50. The average molecular weight is 389 g/mol. The third-order valence-electron chi connectivity index (χ3n) is 10.1. The molecule has 0 aliphatic heterocycles. The number of aliphatic hydroxyl groups excluding tert-OH is 2. The molecule has 0 aromatic rings. The van der Waals surface area contributed by atoms with Crippen LogP contribution in [0.3, 0.4) is 0 Å². The van der Waals surface area contributed by atoms with Crippen molar-refractivity contribution in [2.45, 2.75) is 104 Å². The van der Waals surface area contributed by atoms with Gasteiger partial charge in [-0.25, -0.2) is 0 Å². The summed E-state index contributed by atoms with van der Waals surface area (Å²) >= 11 is 0. The Hall–Kier alpha value is -0.340. The van der Waals surface area contributed by atoms with Crippen LogP contribution < -0.4 is 0 Å². The molecule has 2 heteroatoms. The molecule has 0 amide bonds. The molecule has 0 spiro atoms. The van der Waals surface area contributed by atoms with E-state index in [-0.39, 0.29) is 6.10 Å². The molecule has 2 nitrogen and oxygen atoms in total. The number of hydrogen-bond acceptors (Lipinski definition) is 2. The monoisotopic (exact) mass is 388 g/mol. The minimum Gasteiger partial charge on any atom is -0.396 e. The summed E-state index contributed by atoms with van der Waals surface area (Å²) in [6.45, 7) is 7.70. The van der Waals surface area contributed by atoms with E-state index in [4.69, 9.17) is 0 Å². The zero-order chi connectivity index (χ0) is 19.9. The van der Waals surface area contributed by atoms with Crippen molar-refractivity contribution in [2.75, 3.05) is 6.61 Å². The molecule has 28 heavy (non-hydrogen) atoms. The number of rotatable bonds is 6. The van der Waals surface area contributed by atoms with Crippen molar-refractivity contribution in [3.63, 3.8) is 0 Å². The molecule has 3 saturated carbocycles. The Morgan fingerprint density at radius 3 is 2.68 bits per heavy atom. The van der Waals surface area contributed by atoms with Crippen molar-refractivity contribution in [3.05, 3.63) is 11.6 Å². The molecule has 8 atom stereocenters. The van der Waals surface area contributed by atoms with Gasteiger partial charge in [0.15, 0.2) is 0 Å². The molecule has 4 aliphatic carbocycles. The molecule has 0 aromatic heterocycles. The highest BCUT2D eigenvalue weighted by atomic mass is 16.3. The molecule has 6 unspecified atom stereocenters. The van der Waals surface area contributed by atoms with Crippen molar-refractivity contribution < 1.29 is 10.2 Å². The SMILES string of the molecule is CC(CO)CCCC[C@H]1CCC2C3CC=C4C[C@@H](O)CCC4(C)C3CCC21C. The third kappa shape index (κ3) is 3.51. The molecular formula is C26H44O2. The Morgan fingerprint density at radius 2 is 1.89 bits per heavy atom. The summed E-state index contributed by atoms with van der Waals surface area (Å²) in [4.78, 5) is 0. The van der Waals surface area contributed by atoms with Gasteiger partial charge in [-0.15, -0.1) is 0 Å². The molecule has 4 rings (SSSR count). The van der Waals surface area contributed by atoms with E-state index >= 15 is 0 Å². The highest BCUT2D eigenvalue weighted by molar-refractivity contribution is 5.25. The van der Waals surface area contributed by atoms with Gasteiger partial charge in [0.2, 0.25) is 0 Å². The summed E-state index contributed by atoms with van der Waals surface area (Å²) in [7, 11) is 0. The minimum atomic E-state index is -0.0888. The van der Waals surface area contributed by atoms with Gasteiger partial charge in [0.25, 0.3) is 0 Å². The topological polar surface area (TPSA) is 40.5 Å². The average Bonchev–Trinajstić information content (AvgIpc) is 3.02. The highest BCUT2D eigenvalue weighted by Crippen LogP contribution is 2.66. The van der Waals surface area contributed by atoms with E-state index in [0.717, 1.165) is 36.5 Å². The normalized spacial score (nSPS) is 46.3. The van der Waals surface area contributed by atoms with Gasteiger partial charge in [-0.2, -0.15) is 0 Å². The number of fused-ring (bicyclic) bond motifs is 5. The first-order valence-electron chi connectivity index (χ1n) is 12.4. The van der Waals surface area contributed by atoms with E-state index in [1.165, 1.54) is 64.2 Å². The van der Waals surface area contributed by atoms with Crippen molar-refractivity contribution in [2.24, 2.45) is 40.4 Å². The van der Waals surface area contributed by atoms with E-state index in [2.05, 4.69) is 26.8 Å². The van der Waals surface area contributed by atoms with Crippen LogP contribution >= 0.6 is 0 Å². The fourth-order valence-corrected chi connectivity index (χ4v) is 8.20. The van der Waals surface area contributed by atoms with Crippen molar-refractivity contribution in [1.82, 2.24) is 0 Å². The molecule has 0 saturated heterocycles. The van der Waals surface area contributed by atoms with Gasteiger partial charge in [-0.1, -0.05) is 45.3 Å². The van der Waals surface area contributed by atoms with Crippen molar-refractivity contribution in [1.29, 1.82) is 0 Å². The standard InChI is InChI=1S/C26H44O2/c1-18(17-27)6-4-5-7-19-9-11-23-22-10-8-20-16-21(28)12-14-26(20,3)24(22)13-15-25(19,23)2/h8,18-19,21-24,27-28H,4-7,9-17H2,1-3H3/t18?,19-,21-,22?,23?,24?,25?,26?/m0/s1. The van der Waals surface area contributed by atoms with Gasteiger partial charge < -0.3 is 10.2 Å². The quantitative estimate of drug-likeness (QED) is 0.425. The van der Waals surface area contributed by atoms with E-state index < -0.39 is 0 Å². The van der Waals surface area contributed by atoms with Gasteiger partial charge in [0, 0.05) is 6.61 Å². The zero-order valence-electron chi connectivity index (χ0n) is 18.6. The second kappa shape index (κ2) is 8.06. The van der Waals surface area contributed by atoms with Crippen LogP contribution in [0.5, 0.6) is 0 Å². The molecule has 4 aliphatic rings. The predicted octanol–water partition coefficient (Wildman–Crippen LogP) is 6.12. The zero-order valence-corrected chi connectivity index (χ0v) is 18.6. The van der Waals surface area contributed by atoms with Crippen LogP contribution in [0.25, 0.3) is 0 Å². The van der Waals surface area contributed by atoms with E-state index in [1.807, 2.05) is 0 Å². The van der Waals surface area contributed by atoms with Gasteiger partial charge in [0.1, 0.15) is 0 Å². The first kappa shape index (κ1) is 20.9. The second-order valence-electron chi connectivity index (χ2n) is 11.5. The number of allylic oxidation sites excluding steroid dienone is 1. The lowest BCUT2D eigenvalue weighted by molar-refractivity contribution is -0.0509. The predicted molar refractivity (Wildman–Crippen MR) is 116 cm³/mol. The summed E-state index contributed by atoms with van der Waals surface area (Å²) in [6, 6.07) is 0. The Bertz CT molecular complexity index is 583. The van der Waals surface area contributed by atoms with Crippen LogP contribution in [0.1, 0.15) is 97.8 Å². The van der Waals surface area contributed by atoms with Crippen LogP contribution in [-0.2, 0) is 0 Å². The molecule has 0 aromatic carbocycles. The fraction of sp³-hybridized carbons (Fsp3) is 0.923. The summed E-state index contributed by atoms with van der Waals surface area (Å²) in [6.07, 6.45) is 17.9. The minimum absolute atomic E-state index is 0.0888. The molecule has 0 heterocycles. The van der Waals surface area contributed by atoms with Gasteiger partial charge in [-0.05, 0) is 105 Å². The van der Waals surface area contributed by atoms with Crippen LogP contribution in [0.4, 0.5) is 0 Å². The Labute approximate surface area is 173 Å². The summed E-state index contributed by atoms with van der Waals surface area (Å²) in [5, 5.41) is 19.4. The lowest BCUT2D eigenvalue weighted by Gasteiger charge is -2.58. The van der Waals surface area contributed by atoms with E-state index in [1.54, 1.807) is 5.57 Å². The van der Waals surface area contributed by atoms with Crippen LogP contribution in [-0.4, -0.2) is 22.9 Å². The van der Waals surface area contributed by atoms with Gasteiger partial charge >= 0.3 is 0 Å². The van der Waals surface area contributed by atoms with E-state index in [9.17, 15) is 10.2 Å². The molecule has 0 bridgehead atoms. The van der Waals surface area contributed by atoms with Gasteiger partial charge in [0.05, 0.1) is 6.10 Å². The molecule has 0 radical (unpaired) electrons. The first-order chi connectivity index (χ1) is 13.4. The van der Waals surface area contributed by atoms with Crippen LogP contribution in [0, 0.1) is 40.4 Å². The molecule has 3 fully saturated rings. The highest BCUT2D eigenvalue weighted by Gasteiger charge is 2.58. The maximum Gasteiger partial charge on any atom is 0.0577 e. The summed E-state index contributed by atoms with van der Waals surface area (Å²) in [5.41, 5.74) is 2.55. The van der Waals surface area contributed by atoms with Crippen LogP contribution in [0.2, 0.25) is 0 Å². The van der Waals surface area contributed by atoms with Crippen molar-refractivity contribution >= 4 is 0 Å². The molecular weight excluding hydrogens is 344 g/mol. The Morgan fingerprint density at radius 1 is 1.07 bits per heavy atom. The van der Waals surface area contributed by atoms with E-state index in [0.29, 0.717) is 23.4 Å². The maximum absolute atomic E-state index is 10.2. The fourth-order valence-electron chi connectivity index (χ4n) is 8.20. The summed E-state index contributed by atoms with van der Waals surface area (Å²) < 4.78 is 0. The number of hydrogen-bond donors (Lipinski definition) is 2. The Kier molecular flexibility index (Phi) is 6.02. The first-order valence-corrected chi connectivity index (χ1v) is 12.4. The van der Waals surface area contributed by atoms with Crippen molar-refractivity contribution in [3.8, 4) is 0 Å². The molecule has 2 N–H and O–H groups in total. The molecule has 160 valence electrons. The second-order valence-corrected chi connectivity index (χ2v) is 11.5. The third-order valence-corrected chi connectivity index (χ3v) is 10.1. The Balaban J connectivity index is 1.42. The number of unbranched alkanes of at least 4 members (excludes halogenated alkanes) is 1. The lowest BCUT2D eigenvalue weighted by atomic mass is 9.47. The van der Waals surface area contributed by atoms with Crippen LogP contribution in [0.15, 0.2) is 11.6 Å². The number of aliphatic hydroxyl groups is 2. The smallest absolute Gasteiger partial charge is 0.0577 e. The largest absolute Gasteiger partial charge is 0.396 e.